The molecule has 0 bridgehead atoms. The predicted molar refractivity (Wildman–Crippen MR) is 96.6 cm³/mol. The van der Waals surface area contributed by atoms with Gasteiger partial charge in [0.05, 0.1) is 25.8 Å². The van der Waals surface area contributed by atoms with Crippen LogP contribution in [-0.2, 0) is 14.3 Å². The highest BCUT2D eigenvalue weighted by molar-refractivity contribution is 5.84. The van der Waals surface area contributed by atoms with E-state index in [1.807, 2.05) is 19.1 Å². The van der Waals surface area contributed by atoms with Crippen LogP contribution in [0.1, 0.15) is 43.2 Å². The van der Waals surface area contributed by atoms with E-state index in [1.165, 1.54) is 0 Å². The highest BCUT2D eigenvalue weighted by Crippen LogP contribution is 2.23. The van der Waals surface area contributed by atoms with Crippen LogP contribution >= 0.6 is 0 Å². The van der Waals surface area contributed by atoms with Crippen molar-refractivity contribution in [3.05, 3.63) is 23.7 Å². The zero-order valence-electron chi connectivity index (χ0n) is 15.5. The lowest BCUT2D eigenvalue weighted by atomic mass is 10.1. The number of ether oxygens (including phenoxy) is 1. The molecular weight excluding hydrogens is 334 g/mol. The van der Waals surface area contributed by atoms with Crippen molar-refractivity contribution in [3.8, 4) is 0 Å². The summed E-state index contributed by atoms with van der Waals surface area (Å²) in [5, 5.41) is 3.00. The number of amides is 2. The SMILES string of the molecule is Cc1ccc(C(CNC(=O)CN2CCCCCC2=O)N2CCOCC2)o1. The first kappa shape index (κ1) is 18.9. The summed E-state index contributed by atoms with van der Waals surface area (Å²) < 4.78 is 11.3. The molecule has 7 nitrogen and oxygen atoms in total. The summed E-state index contributed by atoms with van der Waals surface area (Å²) in [6.07, 6.45) is 3.51. The average Bonchev–Trinajstić information content (AvgIpc) is 2.97. The van der Waals surface area contributed by atoms with E-state index in [0.717, 1.165) is 43.9 Å². The maximum absolute atomic E-state index is 12.4. The molecule has 1 aromatic rings. The highest BCUT2D eigenvalue weighted by atomic mass is 16.5. The standard InChI is InChI=1S/C19H29N3O4/c1-15-6-7-17(26-15)16(21-9-11-25-12-10-21)13-20-18(23)14-22-8-4-2-3-5-19(22)24/h6-7,16H,2-5,8-14H2,1H3,(H,20,23). The van der Waals surface area contributed by atoms with Gasteiger partial charge in [-0.15, -0.1) is 0 Å². The number of morpholine rings is 1. The average molecular weight is 363 g/mol. The summed E-state index contributed by atoms with van der Waals surface area (Å²) in [4.78, 5) is 28.4. The molecule has 2 aliphatic heterocycles. The van der Waals surface area contributed by atoms with Gasteiger partial charge < -0.3 is 19.4 Å². The molecule has 0 radical (unpaired) electrons. The molecule has 0 aromatic carbocycles. The molecule has 0 aliphatic carbocycles. The van der Waals surface area contributed by atoms with Gasteiger partial charge in [-0.05, 0) is 31.9 Å². The first-order valence-electron chi connectivity index (χ1n) is 9.56. The number of rotatable bonds is 6. The van der Waals surface area contributed by atoms with Crippen LogP contribution < -0.4 is 5.32 Å². The Kier molecular flexibility index (Phi) is 6.68. The fraction of sp³-hybridized carbons (Fsp3) is 0.684. The summed E-state index contributed by atoms with van der Waals surface area (Å²) in [6.45, 7) is 6.20. The maximum Gasteiger partial charge on any atom is 0.239 e. The minimum Gasteiger partial charge on any atom is -0.465 e. The first-order chi connectivity index (χ1) is 12.6. The summed E-state index contributed by atoms with van der Waals surface area (Å²) in [7, 11) is 0. The third-order valence-corrected chi connectivity index (χ3v) is 5.07. The number of nitrogens with one attached hydrogen (secondary N) is 1. The fourth-order valence-electron chi connectivity index (χ4n) is 3.58. The largest absolute Gasteiger partial charge is 0.465 e. The van der Waals surface area contributed by atoms with Gasteiger partial charge in [0.2, 0.25) is 11.8 Å². The van der Waals surface area contributed by atoms with Gasteiger partial charge in [0.1, 0.15) is 11.5 Å². The Morgan fingerprint density at radius 1 is 1.19 bits per heavy atom. The number of furan rings is 1. The van der Waals surface area contributed by atoms with E-state index >= 15 is 0 Å². The Hall–Kier alpha value is -1.86. The van der Waals surface area contributed by atoms with Gasteiger partial charge in [-0.2, -0.15) is 0 Å². The van der Waals surface area contributed by atoms with E-state index < -0.39 is 0 Å². The van der Waals surface area contributed by atoms with Gasteiger partial charge in [0, 0.05) is 32.6 Å². The molecule has 26 heavy (non-hydrogen) atoms. The Balaban J connectivity index is 1.57. The molecule has 1 unspecified atom stereocenters. The van der Waals surface area contributed by atoms with Crippen LogP contribution in [0.5, 0.6) is 0 Å². The monoisotopic (exact) mass is 363 g/mol. The van der Waals surface area contributed by atoms with Crippen LogP contribution in [0.15, 0.2) is 16.5 Å². The normalized spacial score (nSPS) is 20.7. The van der Waals surface area contributed by atoms with Crippen molar-refractivity contribution in [1.29, 1.82) is 0 Å². The predicted octanol–water partition coefficient (Wildman–Crippen LogP) is 1.48. The van der Waals surface area contributed by atoms with Crippen molar-refractivity contribution in [3.63, 3.8) is 0 Å². The van der Waals surface area contributed by atoms with Crippen molar-refractivity contribution in [2.24, 2.45) is 0 Å². The van der Waals surface area contributed by atoms with E-state index in [1.54, 1.807) is 4.90 Å². The molecule has 0 spiro atoms. The number of likely N-dealkylation sites (tertiary alicyclic amines) is 1. The lowest BCUT2D eigenvalue weighted by molar-refractivity contribution is -0.135. The number of nitrogens with zero attached hydrogens (tertiary/aromatic N) is 2. The molecule has 1 atom stereocenters. The van der Waals surface area contributed by atoms with Gasteiger partial charge in [-0.1, -0.05) is 6.42 Å². The van der Waals surface area contributed by atoms with Crippen LogP contribution in [0.3, 0.4) is 0 Å². The lowest BCUT2D eigenvalue weighted by Crippen LogP contribution is -2.46. The van der Waals surface area contributed by atoms with Gasteiger partial charge in [-0.3, -0.25) is 14.5 Å². The zero-order chi connectivity index (χ0) is 18.4. The van der Waals surface area contributed by atoms with Crippen LogP contribution in [0.2, 0.25) is 0 Å². The smallest absolute Gasteiger partial charge is 0.239 e. The number of aryl methyl sites for hydroxylation is 1. The molecule has 7 heteroatoms. The van der Waals surface area contributed by atoms with Crippen LogP contribution in [0.25, 0.3) is 0 Å². The van der Waals surface area contributed by atoms with Crippen LogP contribution in [0, 0.1) is 6.92 Å². The molecule has 3 rings (SSSR count). The summed E-state index contributed by atoms with van der Waals surface area (Å²) in [5.41, 5.74) is 0. The van der Waals surface area contributed by atoms with Crippen molar-refractivity contribution in [2.45, 2.75) is 38.6 Å². The van der Waals surface area contributed by atoms with Gasteiger partial charge in [0.15, 0.2) is 0 Å². The maximum atomic E-state index is 12.4. The molecule has 144 valence electrons. The van der Waals surface area contributed by atoms with E-state index in [0.29, 0.717) is 32.7 Å². The van der Waals surface area contributed by atoms with Crippen molar-refractivity contribution in [1.82, 2.24) is 15.1 Å². The van der Waals surface area contributed by atoms with Crippen LogP contribution in [0.4, 0.5) is 0 Å². The Morgan fingerprint density at radius 3 is 2.73 bits per heavy atom. The second-order valence-corrected chi connectivity index (χ2v) is 7.04. The molecule has 1 aromatic heterocycles. The van der Waals surface area contributed by atoms with Gasteiger partial charge in [0.25, 0.3) is 0 Å². The lowest BCUT2D eigenvalue weighted by Gasteiger charge is -2.33. The zero-order valence-corrected chi connectivity index (χ0v) is 15.5. The van der Waals surface area contributed by atoms with Crippen molar-refractivity contribution in [2.75, 3.05) is 45.9 Å². The minimum absolute atomic E-state index is 0.0172. The quantitative estimate of drug-likeness (QED) is 0.829. The molecule has 2 amide bonds. The van der Waals surface area contributed by atoms with Crippen molar-refractivity contribution >= 4 is 11.8 Å². The van der Waals surface area contributed by atoms with E-state index in [-0.39, 0.29) is 24.4 Å². The molecule has 0 saturated carbocycles. The number of hydrogen-bond donors (Lipinski definition) is 1. The first-order valence-corrected chi connectivity index (χ1v) is 9.56. The number of carbonyl (C=O) groups excluding carboxylic acids is 2. The van der Waals surface area contributed by atoms with Gasteiger partial charge >= 0.3 is 0 Å². The molecule has 2 saturated heterocycles. The summed E-state index contributed by atoms with van der Waals surface area (Å²) in [6, 6.07) is 3.90. The van der Waals surface area contributed by atoms with Gasteiger partial charge in [-0.25, -0.2) is 0 Å². The fourth-order valence-corrected chi connectivity index (χ4v) is 3.58. The molecule has 1 N–H and O–H groups in total. The van der Waals surface area contributed by atoms with Crippen LogP contribution in [-0.4, -0.2) is 67.6 Å². The Bertz CT molecular complexity index is 610. The third-order valence-electron chi connectivity index (χ3n) is 5.07. The molecule has 2 aliphatic rings. The molecular formula is C19H29N3O4. The molecule has 2 fully saturated rings. The third kappa shape index (κ3) is 5.08. The number of carbonyl (C=O) groups is 2. The van der Waals surface area contributed by atoms with E-state index in [2.05, 4.69) is 10.2 Å². The van der Waals surface area contributed by atoms with Crippen molar-refractivity contribution < 1.29 is 18.7 Å². The number of hydrogen-bond acceptors (Lipinski definition) is 5. The second kappa shape index (κ2) is 9.19. The Morgan fingerprint density at radius 2 is 2.00 bits per heavy atom. The summed E-state index contributed by atoms with van der Waals surface area (Å²) >= 11 is 0. The summed E-state index contributed by atoms with van der Waals surface area (Å²) in [5.74, 6) is 1.70. The minimum atomic E-state index is -0.109. The second-order valence-electron chi connectivity index (χ2n) is 7.04. The molecule has 3 heterocycles. The Labute approximate surface area is 154 Å². The van der Waals surface area contributed by atoms with E-state index in [4.69, 9.17) is 9.15 Å². The van der Waals surface area contributed by atoms with E-state index in [9.17, 15) is 9.59 Å². The topological polar surface area (TPSA) is 75.0 Å². The highest BCUT2D eigenvalue weighted by Gasteiger charge is 2.26.